The van der Waals surface area contributed by atoms with Crippen LogP contribution in [0.15, 0.2) is 59.5 Å². The van der Waals surface area contributed by atoms with Gasteiger partial charge < -0.3 is 10.2 Å². The van der Waals surface area contributed by atoms with E-state index in [1.165, 1.54) is 9.21 Å². The molecule has 1 N–H and O–H groups in total. The van der Waals surface area contributed by atoms with Gasteiger partial charge in [0.15, 0.2) is 0 Å². The van der Waals surface area contributed by atoms with Crippen molar-refractivity contribution in [2.24, 2.45) is 5.92 Å². The minimum atomic E-state index is -3.65. The Labute approximate surface area is 164 Å². The number of carbonyl (C=O) groups is 2. The number of carbonyl (C=O) groups excluding carboxylic acids is 2. The molecule has 2 aliphatic heterocycles. The highest BCUT2D eigenvalue weighted by atomic mass is 32.2. The Bertz CT molecular complexity index is 1010. The number of anilines is 2. The molecule has 2 aliphatic rings. The summed E-state index contributed by atoms with van der Waals surface area (Å²) in [5, 5.41) is 2.76. The fourth-order valence-electron chi connectivity index (χ4n) is 3.75. The van der Waals surface area contributed by atoms with Crippen LogP contribution in [0.4, 0.5) is 11.4 Å². The molecular formula is C20H21N3O4S. The Kier molecular flexibility index (Phi) is 4.91. The van der Waals surface area contributed by atoms with Gasteiger partial charge in [0.25, 0.3) is 0 Å². The van der Waals surface area contributed by atoms with Gasteiger partial charge in [0.1, 0.15) is 6.54 Å². The number of nitrogens with one attached hydrogen (secondary N) is 1. The van der Waals surface area contributed by atoms with Crippen LogP contribution < -0.4 is 10.2 Å². The Morgan fingerprint density at radius 3 is 2.54 bits per heavy atom. The third kappa shape index (κ3) is 3.41. The molecule has 0 aliphatic carbocycles. The summed E-state index contributed by atoms with van der Waals surface area (Å²) >= 11 is 0. The number of benzene rings is 2. The summed E-state index contributed by atoms with van der Waals surface area (Å²) in [5.41, 5.74) is 1.24. The first-order valence-electron chi connectivity index (χ1n) is 9.22. The molecule has 1 atom stereocenters. The number of piperidine rings is 1. The average Bonchev–Trinajstić information content (AvgIpc) is 2.73. The van der Waals surface area contributed by atoms with E-state index in [2.05, 4.69) is 5.32 Å². The van der Waals surface area contributed by atoms with Crippen molar-refractivity contribution in [1.29, 1.82) is 0 Å². The molecule has 0 spiro atoms. The first-order valence-corrected chi connectivity index (χ1v) is 10.7. The highest BCUT2D eigenvalue weighted by molar-refractivity contribution is 7.89. The Balaban J connectivity index is 1.57. The number of sulfonamides is 1. The number of nitrogens with zero attached hydrogens (tertiary/aromatic N) is 2. The van der Waals surface area contributed by atoms with Crippen molar-refractivity contribution in [2.75, 3.05) is 29.9 Å². The van der Waals surface area contributed by atoms with Gasteiger partial charge in [0.2, 0.25) is 21.8 Å². The van der Waals surface area contributed by atoms with Crippen molar-refractivity contribution in [2.45, 2.75) is 17.7 Å². The van der Waals surface area contributed by atoms with E-state index in [9.17, 15) is 18.0 Å². The van der Waals surface area contributed by atoms with Crippen LogP contribution in [0.2, 0.25) is 0 Å². The molecule has 0 saturated carbocycles. The van der Waals surface area contributed by atoms with Crippen molar-refractivity contribution < 1.29 is 18.0 Å². The standard InChI is InChI=1S/C20H21N3O4S/c24-19-14-23(18-11-5-4-10-17(18)21-19)20(25)15-7-6-12-22(13-15)28(26,27)16-8-2-1-3-9-16/h1-5,8-11,15H,6-7,12-14H2,(H,21,24)/t15-/m0/s1. The highest BCUT2D eigenvalue weighted by Gasteiger charge is 2.37. The molecule has 1 saturated heterocycles. The molecule has 2 aromatic carbocycles. The zero-order valence-electron chi connectivity index (χ0n) is 15.2. The predicted octanol–water partition coefficient (Wildman–Crippen LogP) is 2.07. The molecule has 0 aromatic heterocycles. The fourth-order valence-corrected chi connectivity index (χ4v) is 5.30. The molecule has 2 amide bonds. The van der Waals surface area contributed by atoms with Crippen LogP contribution in [0.1, 0.15) is 12.8 Å². The summed E-state index contributed by atoms with van der Waals surface area (Å²) in [5.74, 6) is -0.946. The fraction of sp³-hybridized carbons (Fsp3) is 0.300. The van der Waals surface area contributed by atoms with E-state index in [1.807, 2.05) is 6.07 Å². The first kappa shape index (κ1) is 18.6. The highest BCUT2D eigenvalue weighted by Crippen LogP contribution is 2.32. The summed E-state index contributed by atoms with van der Waals surface area (Å²) in [6, 6.07) is 15.4. The van der Waals surface area contributed by atoms with E-state index in [0.717, 1.165) is 0 Å². The molecule has 8 heteroatoms. The normalized spacial score (nSPS) is 20.4. The van der Waals surface area contributed by atoms with Crippen LogP contribution >= 0.6 is 0 Å². The maximum Gasteiger partial charge on any atom is 0.244 e. The lowest BCUT2D eigenvalue weighted by Crippen LogP contribution is -2.50. The van der Waals surface area contributed by atoms with Crippen molar-refractivity contribution in [1.82, 2.24) is 4.31 Å². The van der Waals surface area contributed by atoms with E-state index < -0.39 is 15.9 Å². The second-order valence-corrected chi connectivity index (χ2v) is 8.94. The van der Waals surface area contributed by atoms with Crippen LogP contribution in [0, 0.1) is 5.92 Å². The second kappa shape index (κ2) is 7.37. The minimum Gasteiger partial charge on any atom is -0.323 e. The maximum atomic E-state index is 13.2. The molecular weight excluding hydrogens is 378 g/mol. The largest absolute Gasteiger partial charge is 0.323 e. The molecule has 0 bridgehead atoms. The summed E-state index contributed by atoms with van der Waals surface area (Å²) < 4.78 is 27.2. The van der Waals surface area contributed by atoms with Crippen molar-refractivity contribution >= 4 is 33.2 Å². The summed E-state index contributed by atoms with van der Waals surface area (Å²) in [4.78, 5) is 26.9. The zero-order valence-corrected chi connectivity index (χ0v) is 16.1. The van der Waals surface area contributed by atoms with Crippen molar-refractivity contribution in [3.05, 3.63) is 54.6 Å². The van der Waals surface area contributed by atoms with Gasteiger partial charge in [0.05, 0.1) is 22.2 Å². The van der Waals surface area contributed by atoms with E-state index in [0.29, 0.717) is 30.8 Å². The lowest BCUT2D eigenvalue weighted by molar-refractivity contribution is -0.125. The zero-order chi connectivity index (χ0) is 19.7. The molecule has 146 valence electrons. The van der Waals surface area contributed by atoms with Gasteiger partial charge in [-0.2, -0.15) is 4.31 Å². The van der Waals surface area contributed by atoms with Gasteiger partial charge in [-0.15, -0.1) is 0 Å². The van der Waals surface area contributed by atoms with Crippen LogP contribution in [-0.4, -0.2) is 44.2 Å². The maximum absolute atomic E-state index is 13.2. The van der Waals surface area contributed by atoms with E-state index >= 15 is 0 Å². The van der Waals surface area contributed by atoms with Gasteiger partial charge >= 0.3 is 0 Å². The number of fused-ring (bicyclic) bond motifs is 1. The number of amides is 2. The summed E-state index contributed by atoms with van der Waals surface area (Å²) in [6.45, 7) is 0.451. The molecule has 28 heavy (non-hydrogen) atoms. The topological polar surface area (TPSA) is 86.8 Å². The second-order valence-electron chi connectivity index (χ2n) is 7.00. The SMILES string of the molecule is O=C1CN(C(=O)[C@H]2CCCN(S(=O)(=O)c3ccccc3)C2)c2ccccc2N1. The van der Waals surface area contributed by atoms with Crippen LogP contribution in [0.3, 0.4) is 0 Å². The van der Waals surface area contributed by atoms with Gasteiger partial charge in [-0.1, -0.05) is 30.3 Å². The smallest absolute Gasteiger partial charge is 0.244 e. The number of para-hydroxylation sites is 2. The molecule has 2 heterocycles. The van der Waals surface area contributed by atoms with Gasteiger partial charge in [-0.05, 0) is 37.1 Å². The van der Waals surface area contributed by atoms with Gasteiger partial charge in [-0.25, -0.2) is 8.42 Å². The third-order valence-corrected chi connectivity index (χ3v) is 7.03. The van der Waals surface area contributed by atoms with Crippen molar-refractivity contribution in [3.8, 4) is 0 Å². The van der Waals surface area contributed by atoms with Crippen LogP contribution in [-0.2, 0) is 19.6 Å². The quantitative estimate of drug-likeness (QED) is 0.856. The molecule has 4 rings (SSSR count). The Morgan fingerprint density at radius 1 is 1.04 bits per heavy atom. The number of hydrogen-bond acceptors (Lipinski definition) is 4. The Morgan fingerprint density at radius 2 is 1.75 bits per heavy atom. The van der Waals surface area contributed by atoms with Gasteiger partial charge in [0, 0.05) is 13.1 Å². The Hall–Kier alpha value is -2.71. The molecule has 2 aromatic rings. The lowest BCUT2D eigenvalue weighted by atomic mass is 9.97. The third-order valence-electron chi connectivity index (χ3n) is 5.15. The minimum absolute atomic E-state index is 0.0578. The molecule has 1 fully saturated rings. The van der Waals surface area contributed by atoms with E-state index in [1.54, 1.807) is 48.5 Å². The van der Waals surface area contributed by atoms with E-state index in [-0.39, 0.29) is 29.8 Å². The summed E-state index contributed by atoms with van der Waals surface area (Å²) in [6.07, 6.45) is 1.20. The number of hydrogen-bond donors (Lipinski definition) is 1. The van der Waals surface area contributed by atoms with Gasteiger partial charge in [-0.3, -0.25) is 9.59 Å². The van der Waals surface area contributed by atoms with Crippen LogP contribution in [0.5, 0.6) is 0 Å². The molecule has 0 unspecified atom stereocenters. The van der Waals surface area contributed by atoms with E-state index in [4.69, 9.17) is 0 Å². The molecule has 0 radical (unpaired) electrons. The average molecular weight is 399 g/mol. The van der Waals surface area contributed by atoms with Crippen LogP contribution in [0.25, 0.3) is 0 Å². The first-order chi connectivity index (χ1) is 13.5. The lowest BCUT2D eigenvalue weighted by Gasteiger charge is -2.36. The van der Waals surface area contributed by atoms with Crippen molar-refractivity contribution in [3.63, 3.8) is 0 Å². The monoisotopic (exact) mass is 399 g/mol. The summed E-state index contributed by atoms with van der Waals surface area (Å²) in [7, 11) is -3.65. The number of rotatable bonds is 3. The predicted molar refractivity (Wildman–Crippen MR) is 105 cm³/mol. The molecule has 7 nitrogen and oxygen atoms in total.